The first-order valence-corrected chi connectivity index (χ1v) is 8.52. The number of amides is 1. The number of rotatable bonds is 6. The molecule has 1 amide bonds. The van der Waals surface area contributed by atoms with Gasteiger partial charge in [0.15, 0.2) is 11.3 Å². The Morgan fingerprint density at radius 3 is 2.87 bits per heavy atom. The summed E-state index contributed by atoms with van der Waals surface area (Å²) >= 11 is 1.44. The average Bonchev–Trinajstić information content (AvgIpc) is 3.19. The number of carbonyl (C=O) groups is 1. The Balaban J connectivity index is 1.61. The highest BCUT2D eigenvalue weighted by molar-refractivity contribution is 7.98. The number of hydrogen-bond acceptors (Lipinski definition) is 5. The van der Waals surface area contributed by atoms with E-state index in [0.717, 1.165) is 17.5 Å². The Morgan fingerprint density at radius 1 is 1.26 bits per heavy atom. The largest absolute Gasteiger partial charge is 0.455 e. The van der Waals surface area contributed by atoms with E-state index >= 15 is 0 Å². The van der Waals surface area contributed by atoms with Crippen molar-refractivity contribution in [3.05, 3.63) is 47.9 Å². The van der Waals surface area contributed by atoms with E-state index in [2.05, 4.69) is 10.3 Å². The number of carbonyl (C=O) groups excluding carboxylic acids is 1. The summed E-state index contributed by atoms with van der Waals surface area (Å²) in [4.78, 5) is 16.4. The van der Waals surface area contributed by atoms with Gasteiger partial charge in [-0.15, -0.1) is 0 Å². The van der Waals surface area contributed by atoms with E-state index in [9.17, 15) is 4.79 Å². The molecule has 0 radical (unpaired) electrons. The third-order valence-electron chi connectivity index (χ3n) is 3.49. The number of hydrogen-bond donors (Lipinski definition) is 1. The SMILES string of the molecule is CCC(C)NC(=O)c1ccc(CSc2nc3ccccc3o2)o1. The summed E-state index contributed by atoms with van der Waals surface area (Å²) in [6.45, 7) is 3.99. The molecule has 0 saturated carbocycles. The minimum absolute atomic E-state index is 0.130. The molecule has 1 unspecified atom stereocenters. The molecule has 6 heteroatoms. The van der Waals surface area contributed by atoms with Gasteiger partial charge in [-0.1, -0.05) is 30.8 Å². The van der Waals surface area contributed by atoms with Gasteiger partial charge in [-0.3, -0.25) is 4.79 Å². The van der Waals surface area contributed by atoms with Crippen molar-refractivity contribution in [1.82, 2.24) is 10.3 Å². The van der Waals surface area contributed by atoms with Gasteiger partial charge in [0.1, 0.15) is 11.3 Å². The summed E-state index contributed by atoms with van der Waals surface area (Å²) in [7, 11) is 0. The number of oxazole rings is 1. The van der Waals surface area contributed by atoms with Crippen LogP contribution in [-0.4, -0.2) is 16.9 Å². The lowest BCUT2D eigenvalue weighted by Gasteiger charge is -2.09. The predicted octanol–water partition coefficient (Wildman–Crippen LogP) is 4.24. The molecule has 1 atom stereocenters. The van der Waals surface area contributed by atoms with Gasteiger partial charge in [0.2, 0.25) is 0 Å². The zero-order valence-electron chi connectivity index (χ0n) is 13.0. The third-order valence-corrected chi connectivity index (χ3v) is 4.34. The second-order valence-electron chi connectivity index (χ2n) is 5.28. The fourth-order valence-corrected chi connectivity index (χ4v) is 2.75. The zero-order valence-corrected chi connectivity index (χ0v) is 13.9. The monoisotopic (exact) mass is 330 g/mol. The highest BCUT2D eigenvalue weighted by Gasteiger charge is 2.14. The van der Waals surface area contributed by atoms with Crippen LogP contribution >= 0.6 is 11.8 Å². The summed E-state index contributed by atoms with van der Waals surface area (Å²) in [5.41, 5.74) is 1.60. The molecule has 0 saturated heterocycles. The lowest BCUT2D eigenvalue weighted by Crippen LogP contribution is -2.31. The van der Waals surface area contributed by atoms with Crippen LogP contribution < -0.4 is 5.32 Å². The number of fused-ring (bicyclic) bond motifs is 1. The number of benzene rings is 1. The van der Waals surface area contributed by atoms with Gasteiger partial charge in [-0.2, -0.15) is 0 Å². The molecule has 120 valence electrons. The first kappa shape index (κ1) is 15.7. The Hall–Kier alpha value is -2.21. The van der Waals surface area contributed by atoms with Gasteiger partial charge in [-0.25, -0.2) is 4.98 Å². The maximum Gasteiger partial charge on any atom is 0.287 e. The maximum absolute atomic E-state index is 12.0. The molecule has 0 aliphatic heterocycles. The number of aromatic nitrogens is 1. The average molecular weight is 330 g/mol. The third kappa shape index (κ3) is 3.76. The molecule has 1 aromatic carbocycles. The van der Waals surface area contributed by atoms with Gasteiger partial charge in [0, 0.05) is 6.04 Å². The molecule has 0 aliphatic carbocycles. The van der Waals surface area contributed by atoms with Crippen LogP contribution in [0.5, 0.6) is 0 Å². The van der Waals surface area contributed by atoms with Gasteiger partial charge < -0.3 is 14.2 Å². The fourth-order valence-electron chi connectivity index (χ4n) is 2.02. The van der Waals surface area contributed by atoms with Crippen LogP contribution in [-0.2, 0) is 5.75 Å². The van der Waals surface area contributed by atoms with Crippen molar-refractivity contribution in [1.29, 1.82) is 0 Å². The molecule has 0 aliphatic rings. The predicted molar refractivity (Wildman–Crippen MR) is 89.5 cm³/mol. The Morgan fingerprint density at radius 2 is 2.09 bits per heavy atom. The van der Waals surface area contributed by atoms with Crippen molar-refractivity contribution in [2.45, 2.75) is 37.3 Å². The topological polar surface area (TPSA) is 68.3 Å². The minimum Gasteiger partial charge on any atom is -0.455 e. The molecule has 2 heterocycles. The molecule has 1 N–H and O–H groups in total. The summed E-state index contributed by atoms with van der Waals surface area (Å²) in [6, 6.07) is 11.3. The van der Waals surface area contributed by atoms with Crippen molar-refractivity contribution >= 4 is 28.8 Å². The zero-order chi connectivity index (χ0) is 16.2. The standard InChI is InChI=1S/C17H18N2O3S/c1-3-11(2)18-16(20)15-9-8-12(21-15)10-23-17-19-13-6-4-5-7-14(13)22-17/h4-9,11H,3,10H2,1-2H3,(H,18,20). The lowest BCUT2D eigenvalue weighted by molar-refractivity contribution is 0.0910. The highest BCUT2D eigenvalue weighted by Crippen LogP contribution is 2.26. The van der Waals surface area contributed by atoms with Crippen LogP contribution in [0.4, 0.5) is 0 Å². The van der Waals surface area contributed by atoms with Crippen LogP contribution in [0.25, 0.3) is 11.1 Å². The highest BCUT2D eigenvalue weighted by atomic mass is 32.2. The van der Waals surface area contributed by atoms with Crippen LogP contribution in [0.15, 0.2) is 50.5 Å². The second-order valence-corrected chi connectivity index (χ2v) is 6.21. The maximum atomic E-state index is 12.0. The molecule has 23 heavy (non-hydrogen) atoms. The molecule has 0 fully saturated rings. The van der Waals surface area contributed by atoms with E-state index in [1.807, 2.05) is 38.1 Å². The van der Waals surface area contributed by atoms with Gasteiger partial charge in [-0.05, 0) is 37.6 Å². The molecule has 2 aromatic heterocycles. The quantitative estimate of drug-likeness (QED) is 0.685. The van der Waals surface area contributed by atoms with Crippen molar-refractivity contribution < 1.29 is 13.6 Å². The summed E-state index contributed by atoms with van der Waals surface area (Å²) in [5.74, 6) is 1.42. The lowest BCUT2D eigenvalue weighted by atomic mass is 10.2. The van der Waals surface area contributed by atoms with Gasteiger partial charge in [0.25, 0.3) is 11.1 Å². The summed E-state index contributed by atoms with van der Waals surface area (Å²) in [6.07, 6.45) is 0.882. The first-order valence-electron chi connectivity index (χ1n) is 7.53. The summed E-state index contributed by atoms with van der Waals surface area (Å²) in [5, 5.41) is 3.47. The molecule has 5 nitrogen and oxygen atoms in total. The van der Waals surface area contributed by atoms with Crippen molar-refractivity contribution in [2.75, 3.05) is 0 Å². The number of nitrogens with zero attached hydrogens (tertiary/aromatic N) is 1. The van der Waals surface area contributed by atoms with E-state index in [0.29, 0.717) is 22.5 Å². The van der Waals surface area contributed by atoms with Gasteiger partial charge >= 0.3 is 0 Å². The first-order chi connectivity index (χ1) is 11.2. The van der Waals surface area contributed by atoms with E-state index in [1.54, 1.807) is 12.1 Å². The molecule has 0 spiro atoms. The molecule has 0 bridgehead atoms. The van der Waals surface area contributed by atoms with E-state index < -0.39 is 0 Å². The second kappa shape index (κ2) is 6.91. The minimum atomic E-state index is -0.183. The molecule has 3 aromatic rings. The molecule has 3 rings (SSSR count). The number of furan rings is 1. The van der Waals surface area contributed by atoms with E-state index in [-0.39, 0.29) is 11.9 Å². The van der Waals surface area contributed by atoms with Gasteiger partial charge in [0.05, 0.1) is 5.75 Å². The molecular formula is C17H18N2O3S. The number of thioether (sulfide) groups is 1. The normalized spacial score (nSPS) is 12.4. The Labute approximate surface area is 138 Å². The van der Waals surface area contributed by atoms with Crippen LogP contribution in [0.2, 0.25) is 0 Å². The van der Waals surface area contributed by atoms with Crippen LogP contribution in [0.3, 0.4) is 0 Å². The smallest absolute Gasteiger partial charge is 0.287 e. The van der Waals surface area contributed by atoms with Crippen LogP contribution in [0, 0.1) is 0 Å². The number of para-hydroxylation sites is 2. The van der Waals surface area contributed by atoms with E-state index in [4.69, 9.17) is 8.83 Å². The number of nitrogens with one attached hydrogen (secondary N) is 1. The van der Waals surface area contributed by atoms with E-state index in [1.165, 1.54) is 11.8 Å². The molecular weight excluding hydrogens is 312 g/mol. The Bertz CT molecular complexity index is 776. The van der Waals surface area contributed by atoms with Crippen molar-refractivity contribution in [2.24, 2.45) is 0 Å². The van der Waals surface area contributed by atoms with Crippen LogP contribution in [0.1, 0.15) is 36.6 Å². The van der Waals surface area contributed by atoms with Crippen molar-refractivity contribution in [3.8, 4) is 0 Å². The summed E-state index contributed by atoms with van der Waals surface area (Å²) < 4.78 is 11.2. The van der Waals surface area contributed by atoms with Crippen molar-refractivity contribution in [3.63, 3.8) is 0 Å². The fraction of sp³-hybridized carbons (Fsp3) is 0.294. The Kier molecular flexibility index (Phi) is 4.71.